The summed E-state index contributed by atoms with van der Waals surface area (Å²) in [5.41, 5.74) is 0. The molecule has 1 aliphatic carbocycles. The number of sulfone groups is 1. The number of hydrogen-bond acceptors (Lipinski definition) is 4. The van der Waals surface area contributed by atoms with E-state index in [1.54, 1.807) is 0 Å². The average molecular weight is 315 g/mol. The van der Waals surface area contributed by atoms with Crippen molar-refractivity contribution in [1.29, 1.82) is 0 Å². The number of carbonyl (C=O) groups excluding carboxylic acids is 2. The Kier molecular flexibility index (Phi) is 3.81. The molecule has 0 aromatic carbocycles. The highest BCUT2D eigenvalue weighted by atomic mass is 32.2. The minimum Gasteiger partial charge on any atom is -0.338 e. The normalized spacial score (nSPS) is 32.0. The number of amides is 3. The molecule has 7 nitrogen and oxygen atoms in total. The summed E-state index contributed by atoms with van der Waals surface area (Å²) in [6.45, 7) is 0.569. The first-order valence-electron chi connectivity index (χ1n) is 7.50. The zero-order valence-electron chi connectivity index (χ0n) is 11.9. The number of hydrogen-bond donors (Lipinski definition) is 2. The van der Waals surface area contributed by atoms with Crippen LogP contribution in [0.3, 0.4) is 0 Å². The molecule has 2 atom stereocenters. The molecule has 118 valence electrons. The predicted molar refractivity (Wildman–Crippen MR) is 76.5 cm³/mol. The van der Waals surface area contributed by atoms with Gasteiger partial charge >= 0.3 is 6.03 Å². The SMILES string of the molecule is O=C(NC1CC(=O)N(C2CC2)C1)NC1CCCS(=O)(=O)C1. The van der Waals surface area contributed by atoms with E-state index in [0.29, 0.717) is 31.8 Å². The number of carbonyl (C=O) groups is 2. The van der Waals surface area contributed by atoms with Crippen LogP contribution in [0, 0.1) is 0 Å². The highest BCUT2D eigenvalue weighted by Crippen LogP contribution is 2.30. The first kappa shape index (κ1) is 14.6. The Morgan fingerprint density at radius 1 is 1.14 bits per heavy atom. The first-order chi connectivity index (χ1) is 9.93. The van der Waals surface area contributed by atoms with E-state index in [2.05, 4.69) is 10.6 Å². The molecule has 0 spiro atoms. The van der Waals surface area contributed by atoms with Gasteiger partial charge in [-0.05, 0) is 25.7 Å². The van der Waals surface area contributed by atoms with Crippen LogP contribution in [0.1, 0.15) is 32.1 Å². The van der Waals surface area contributed by atoms with Gasteiger partial charge in [-0.25, -0.2) is 13.2 Å². The average Bonchev–Trinajstić information content (AvgIpc) is 3.13. The van der Waals surface area contributed by atoms with Crippen molar-refractivity contribution >= 4 is 21.8 Å². The molecule has 2 unspecified atom stereocenters. The van der Waals surface area contributed by atoms with E-state index in [1.165, 1.54) is 0 Å². The molecule has 8 heteroatoms. The summed E-state index contributed by atoms with van der Waals surface area (Å²) >= 11 is 0. The van der Waals surface area contributed by atoms with Gasteiger partial charge in [0, 0.05) is 25.0 Å². The molecule has 3 amide bonds. The number of nitrogens with one attached hydrogen (secondary N) is 2. The molecular formula is C13H21N3O4S. The Labute approximate surface area is 124 Å². The van der Waals surface area contributed by atoms with Gasteiger partial charge in [-0.1, -0.05) is 0 Å². The summed E-state index contributed by atoms with van der Waals surface area (Å²) < 4.78 is 23.1. The molecule has 2 saturated heterocycles. The minimum atomic E-state index is -3.03. The standard InChI is InChI=1S/C13H21N3O4S/c17-12-6-10(7-16(12)11-3-4-11)15-13(18)14-9-2-1-5-21(19,20)8-9/h9-11H,1-8H2,(H2,14,15,18). The van der Waals surface area contributed by atoms with E-state index in [9.17, 15) is 18.0 Å². The molecule has 2 aliphatic heterocycles. The van der Waals surface area contributed by atoms with Gasteiger partial charge in [0.15, 0.2) is 9.84 Å². The largest absolute Gasteiger partial charge is 0.338 e. The third kappa shape index (κ3) is 3.66. The van der Waals surface area contributed by atoms with Gasteiger partial charge in [0.05, 0.1) is 17.5 Å². The Hall–Kier alpha value is -1.31. The van der Waals surface area contributed by atoms with Crippen LogP contribution >= 0.6 is 0 Å². The lowest BCUT2D eigenvalue weighted by Gasteiger charge is -2.24. The summed E-state index contributed by atoms with van der Waals surface area (Å²) in [4.78, 5) is 25.6. The van der Waals surface area contributed by atoms with Crippen molar-refractivity contribution < 1.29 is 18.0 Å². The van der Waals surface area contributed by atoms with Gasteiger partial charge in [-0.3, -0.25) is 4.79 Å². The highest BCUT2D eigenvalue weighted by Gasteiger charge is 2.39. The molecule has 2 heterocycles. The molecule has 1 saturated carbocycles. The lowest BCUT2D eigenvalue weighted by Crippen LogP contribution is -2.50. The van der Waals surface area contributed by atoms with E-state index in [-0.39, 0.29) is 35.5 Å². The van der Waals surface area contributed by atoms with Crippen molar-refractivity contribution in [2.75, 3.05) is 18.1 Å². The Bertz CT molecular complexity index is 544. The quantitative estimate of drug-likeness (QED) is 0.742. The van der Waals surface area contributed by atoms with Gasteiger partial charge in [0.1, 0.15) is 0 Å². The Morgan fingerprint density at radius 2 is 1.86 bits per heavy atom. The summed E-state index contributed by atoms with van der Waals surface area (Å²) in [6.07, 6.45) is 3.73. The fourth-order valence-corrected chi connectivity index (χ4v) is 4.75. The Morgan fingerprint density at radius 3 is 2.52 bits per heavy atom. The third-order valence-corrected chi connectivity index (χ3v) is 6.10. The molecule has 2 N–H and O–H groups in total. The molecule has 0 bridgehead atoms. The number of likely N-dealkylation sites (tertiary alicyclic amines) is 1. The van der Waals surface area contributed by atoms with E-state index in [1.807, 2.05) is 4.90 Å². The maximum absolute atomic E-state index is 11.9. The molecule has 0 radical (unpaired) electrons. The smallest absolute Gasteiger partial charge is 0.315 e. The van der Waals surface area contributed by atoms with Crippen LogP contribution in [0.4, 0.5) is 4.79 Å². The van der Waals surface area contributed by atoms with Gasteiger partial charge in [0.2, 0.25) is 5.91 Å². The van der Waals surface area contributed by atoms with Crippen molar-refractivity contribution in [3.05, 3.63) is 0 Å². The van der Waals surface area contributed by atoms with Crippen molar-refractivity contribution in [2.24, 2.45) is 0 Å². The van der Waals surface area contributed by atoms with E-state index < -0.39 is 9.84 Å². The van der Waals surface area contributed by atoms with Crippen LogP contribution in [0.5, 0.6) is 0 Å². The van der Waals surface area contributed by atoms with Crippen molar-refractivity contribution in [2.45, 2.75) is 50.2 Å². The van der Waals surface area contributed by atoms with E-state index in [4.69, 9.17) is 0 Å². The predicted octanol–water partition coefficient (Wildman–Crippen LogP) is -0.374. The minimum absolute atomic E-state index is 0.0121. The summed E-state index contributed by atoms with van der Waals surface area (Å²) in [6, 6.07) is -0.484. The summed E-state index contributed by atoms with van der Waals surface area (Å²) in [7, 11) is -3.03. The van der Waals surface area contributed by atoms with Crippen LogP contribution in [0.15, 0.2) is 0 Å². The van der Waals surface area contributed by atoms with Crippen LogP contribution in [0.2, 0.25) is 0 Å². The molecule has 0 aromatic rings. The van der Waals surface area contributed by atoms with Gasteiger partial charge < -0.3 is 15.5 Å². The molecular weight excluding hydrogens is 294 g/mol. The van der Waals surface area contributed by atoms with E-state index in [0.717, 1.165) is 12.8 Å². The number of urea groups is 1. The maximum Gasteiger partial charge on any atom is 0.315 e. The van der Waals surface area contributed by atoms with Crippen LogP contribution in [-0.4, -0.2) is 61.4 Å². The zero-order chi connectivity index (χ0) is 15.0. The monoisotopic (exact) mass is 315 g/mol. The number of rotatable bonds is 3. The summed E-state index contributed by atoms with van der Waals surface area (Å²) in [5.74, 6) is 0.321. The van der Waals surface area contributed by atoms with Crippen LogP contribution in [-0.2, 0) is 14.6 Å². The second kappa shape index (κ2) is 5.47. The van der Waals surface area contributed by atoms with Gasteiger partial charge in [-0.2, -0.15) is 0 Å². The van der Waals surface area contributed by atoms with Crippen molar-refractivity contribution in [3.63, 3.8) is 0 Å². The molecule has 3 fully saturated rings. The Balaban J connectivity index is 1.47. The van der Waals surface area contributed by atoms with Gasteiger partial charge in [-0.15, -0.1) is 0 Å². The van der Waals surface area contributed by atoms with Crippen molar-refractivity contribution in [3.8, 4) is 0 Å². The lowest BCUT2D eigenvalue weighted by atomic mass is 10.2. The zero-order valence-corrected chi connectivity index (χ0v) is 12.7. The lowest BCUT2D eigenvalue weighted by molar-refractivity contribution is -0.128. The highest BCUT2D eigenvalue weighted by molar-refractivity contribution is 7.91. The molecule has 3 aliphatic rings. The second-order valence-electron chi connectivity index (χ2n) is 6.25. The van der Waals surface area contributed by atoms with E-state index >= 15 is 0 Å². The van der Waals surface area contributed by atoms with Crippen molar-refractivity contribution in [1.82, 2.24) is 15.5 Å². The van der Waals surface area contributed by atoms with Crippen LogP contribution in [0.25, 0.3) is 0 Å². The first-order valence-corrected chi connectivity index (χ1v) is 9.32. The third-order valence-electron chi connectivity index (χ3n) is 4.28. The molecule has 3 rings (SSSR count). The fourth-order valence-electron chi connectivity index (χ4n) is 3.12. The topological polar surface area (TPSA) is 95.6 Å². The fraction of sp³-hybridized carbons (Fsp3) is 0.846. The maximum atomic E-state index is 11.9. The van der Waals surface area contributed by atoms with Gasteiger partial charge in [0.25, 0.3) is 0 Å². The van der Waals surface area contributed by atoms with Crippen LogP contribution < -0.4 is 10.6 Å². The molecule has 21 heavy (non-hydrogen) atoms. The summed E-state index contributed by atoms with van der Waals surface area (Å²) in [5, 5.41) is 5.51. The molecule has 0 aromatic heterocycles. The number of nitrogens with zero attached hydrogens (tertiary/aromatic N) is 1. The second-order valence-corrected chi connectivity index (χ2v) is 8.48.